The Hall–Kier alpha value is -1.27. The summed E-state index contributed by atoms with van der Waals surface area (Å²) >= 11 is 0. The minimum absolute atomic E-state index is 0.207. The van der Waals surface area contributed by atoms with Gasteiger partial charge in [-0.1, -0.05) is 20.8 Å². The van der Waals surface area contributed by atoms with Crippen LogP contribution in [0.3, 0.4) is 0 Å². The highest BCUT2D eigenvalue weighted by Crippen LogP contribution is 2.51. The predicted molar refractivity (Wildman–Crippen MR) is 84.5 cm³/mol. The summed E-state index contributed by atoms with van der Waals surface area (Å²) in [7, 11) is 0. The van der Waals surface area contributed by atoms with Crippen LogP contribution in [0.4, 0.5) is 13.2 Å². The highest BCUT2D eigenvalue weighted by Gasteiger charge is 2.59. The molecular formula is C18H27F3O4. The summed E-state index contributed by atoms with van der Waals surface area (Å²) in [6.07, 6.45) is -3.77. The summed E-state index contributed by atoms with van der Waals surface area (Å²) in [6.45, 7) is 6.38. The molecule has 0 saturated heterocycles. The van der Waals surface area contributed by atoms with Gasteiger partial charge in [-0.05, 0) is 44.4 Å². The molecular weight excluding hydrogens is 337 g/mol. The van der Waals surface area contributed by atoms with E-state index in [0.29, 0.717) is 25.9 Å². The Labute approximate surface area is 146 Å². The zero-order valence-corrected chi connectivity index (χ0v) is 15.2. The molecule has 0 amide bonds. The molecule has 7 heteroatoms. The Kier molecular flexibility index (Phi) is 5.74. The van der Waals surface area contributed by atoms with Gasteiger partial charge in [0.15, 0.2) is 5.41 Å². The molecule has 2 aliphatic carbocycles. The van der Waals surface area contributed by atoms with Gasteiger partial charge in [-0.15, -0.1) is 0 Å². The van der Waals surface area contributed by atoms with Crippen molar-refractivity contribution < 1.29 is 32.2 Å². The lowest BCUT2D eigenvalue weighted by Crippen LogP contribution is -2.46. The van der Waals surface area contributed by atoms with Crippen molar-refractivity contribution in [2.45, 2.75) is 65.7 Å². The summed E-state index contributed by atoms with van der Waals surface area (Å²) in [5, 5.41) is 0. The van der Waals surface area contributed by atoms with Crippen molar-refractivity contribution in [2.24, 2.45) is 29.1 Å². The maximum atomic E-state index is 13.2. The highest BCUT2D eigenvalue weighted by atomic mass is 19.4. The van der Waals surface area contributed by atoms with Gasteiger partial charge < -0.3 is 9.47 Å². The van der Waals surface area contributed by atoms with E-state index in [0.717, 1.165) is 6.92 Å². The van der Waals surface area contributed by atoms with E-state index in [-0.39, 0.29) is 36.1 Å². The Balaban J connectivity index is 2.02. The first-order valence-corrected chi connectivity index (χ1v) is 8.94. The average Bonchev–Trinajstić information content (AvgIpc) is 3.10. The number of fused-ring (bicyclic) bond motifs is 2. The lowest BCUT2D eigenvalue weighted by atomic mass is 9.84. The van der Waals surface area contributed by atoms with Gasteiger partial charge in [0.25, 0.3) is 0 Å². The Morgan fingerprint density at radius 1 is 1.16 bits per heavy atom. The normalized spacial score (nSPS) is 31.0. The van der Waals surface area contributed by atoms with Crippen LogP contribution in [-0.4, -0.2) is 30.8 Å². The van der Waals surface area contributed by atoms with Crippen LogP contribution < -0.4 is 0 Å². The van der Waals surface area contributed by atoms with E-state index >= 15 is 0 Å². The molecule has 0 N–H and O–H groups in total. The number of esters is 2. The van der Waals surface area contributed by atoms with Gasteiger partial charge in [-0.25, -0.2) is 0 Å². The van der Waals surface area contributed by atoms with E-state index < -0.39 is 23.7 Å². The molecule has 0 heterocycles. The molecule has 2 fully saturated rings. The van der Waals surface area contributed by atoms with E-state index in [2.05, 4.69) is 0 Å². The smallest absolute Gasteiger partial charge is 0.404 e. The summed E-state index contributed by atoms with van der Waals surface area (Å²) in [5.74, 6) is -1.76. The van der Waals surface area contributed by atoms with Crippen molar-refractivity contribution in [1.29, 1.82) is 0 Å². The van der Waals surface area contributed by atoms with Gasteiger partial charge in [-0.2, -0.15) is 13.2 Å². The van der Waals surface area contributed by atoms with E-state index in [1.807, 2.05) is 13.8 Å². The molecule has 2 saturated carbocycles. The maximum Gasteiger partial charge on any atom is 0.404 e. The first-order chi connectivity index (χ1) is 11.5. The topological polar surface area (TPSA) is 52.6 Å². The predicted octanol–water partition coefficient (Wildman–Crippen LogP) is 4.12. The van der Waals surface area contributed by atoms with Crippen LogP contribution in [0.15, 0.2) is 0 Å². The van der Waals surface area contributed by atoms with E-state index in [1.165, 1.54) is 6.92 Å². The average molecular weight is 364 g/mol. The van der Waals surface area contributed by atoms with Crippen molar-refractivity contribution >= 4 is 11.9 Å². The Morgan fingerprint density at radius 2 is 1.80 bits per heavy atom. The third-order valence-corrected chi connectivity index (χ3v) is 5.66. The van der Waals surface area contributed by atoms with Gasteiger partial charge in [-0.3, -0.25) is 9.59 Å². The summed E-state index contributed by atoms with van der Waals surface area (Å²) in [4.78, 5) is 24.4. The van der Waals surface area contributed by atoms with Crippen molar-refractivity contribution in [1.82, 2.24) is 0 Å². The molecule has 4 nitrogen and oxygen atoms in total. The largest absolute Gasteiger partial charge is 0.465 e. The van der Waals surface area contributed by atoms with Crippen LogP contribution in [0.25, 0.3) is 0 Å². The number of carbonyl (C=O) groups excluding carboxylic acids is 2. The fraction of sp³-hybridized carbons (Fsp3) is 0.889. The second-order valence-corrected chi connectivity index (χ2v) is 7.99. The van der Waals surface area contributed by atoms with Crippen molar-refractivity contribution in [3.8, 4) is 0 Å². The van der Waals surface area contributed by atoms with E-state index in [1.54, 1.807) is 0 Å². The lowest BCUT2D eigenvalue weighted by molar-refractivity contribution is -0.235. The van der Waals surface area contributed by atoms with E-state index in [4.69, 9.17) is 9.47 Å². The first-order valence-electron chi connectivity index (χ1n) is 8.94. The minimum Gasteiger partial charge on any atom is -0.465 e. The van der Waals surface area contributed by atoms with Crippen LogP contribution in [-0.2, 0) is 19.1 Å². The Bertz CT molecular complexity index is 517. The van der Waals surface area contributed by atoms with Crippen molar-refractivity contribution in [2.75, 3.05) is 6.61 Å². The molecule has 0 aliphatic heterocycles. The third-order valence-electron chi connectivity index (χ3n) is 5.66. The molecule has 0 aromatic rings. The summed E-state index contributed by atoms with van der Waals surface area (Å²) < 4.78 is 50.2. The summed E-state index contributed by atoms with van der Waals surface area (Å²) in [5.41, 5.74) is -2.51. The van der Waals surface area contributed by atoms with Gasteiger partial charge >= 0.3 is 18.1 Å². The number of halogens is 3. The summed E-state index contributed by atoms with van der Waals surface area (Å²) in [6, 6.07) is 0. The zero-order valence-electron chi connectivity index (χ0n) is 15.2. The molecule has 0 spiro atoms. The Morgan fingerprint density at radius 3 is 2.28 bits per heavy atom. The number of hydrogen-bond acceptors (Lipinski definition) is 4. The molecule has 2 rings (SSSR count). The fourth-order valence-electron chi connectivity index (χ4n) is 3.78. The van der Waals surface area contributed by atoms with Gasteiger partial charge in [0.1, 0.15) is 6.10 Å². The molecule has 2 aliphatic rings. The molecule has 25 heavy (non-hydrogen) atoms. The fourth-order valence-corrected chi connectivity index (χ4v) is 3.78. The lowest BCUT2D eigenvalue weighted by Gasteiger charge is -2.33. The number of carbonyl (C=O) groups is 2. The van der Waals surface area contributed by atoms with Crippen LogP contribution in [0, 0.1) is 29.1 Å². The number of ether oxygens (including phenoxy) is 2. The molecule has 5 unspecified atom stereocenters. The van der Waals surface area contributed by atoms with Crippen LogP contribution in [0.5, 0.6) is 0 Å². The molecule has 0 aromatic carbocycles. The molecule has 0 radical (unpaired) electrons. The third kappa shape index (κ3) is 3.95. The standard InChI is InChI=1S/C18H27F3O4/c1-5-17(4,18(19,20)21)16(23)25-14-8-11-6-12(14)13(7-11)15(22)24-9-10(2)3/h10-14H,5-9H2,1-4H3. The molecule has 144 valence electrons. The second-order valence-electron chi connectivity index (χ2n) is 7.99. The number of hydrogen-bond donors (Lipinski definition) is 0. The quantitative estimate of drug-likeness (QED) is 0.665. The maximum absolute atomic E-state index is 13.2. The number of rotatable bonds is 6. The van der Waals surface area contributed by atoms with Crippen LogP contribution in [0.1, 0.15) is 53.4 Å². The van der Waals surface area contributed by atoms with Crippen molar-refractivity contribution in [3.05, 3.63) is 0 Å². The first kappa shape index (κ1) is 20.0. The van der Waals surface area contributed by atoms with Gasteiger partial charge in [0, 0.05) is 5.92 Å². The minimum atomic E-state index is -4.66. The van der Waals surface area contributed by atoms with E-state index in [9.17, 15) is 22.8 Å². The molecule has 2 bridgehead atoms. The second kappa shape index (κ2) is 7.16. The van der Waals surface area contributed by atoms with Crippen molar-refractivity contribution in [3.63, 3.8) is 0 Å². The monoisotopic (exact) mass is 364 g/mol. The number of alkyl halides is 3. The molecule has 0 aromatic heterocycles. The van der Waals surface area contributed by atoms with Gasteiger partial charge in [0.2, 0.25) is 0 Å². The molecule has 5 atom stereocenters. The zero-order chi connectivity index (χ0) is 19.0. The van der Waals surface area contributed by atoms with Gasteiger partial charge in [0.05, 0.1) is 12.5 Å². The van der Waals surface area contributed by atoms with Crippen LogP contribution >= 0.6 is 0 Å². The SMILES string of the molecule is CCC(C)(C(=O)OC1CC2CC(C(=O)OCC(C)C)C1C2)C(F)(F)F. The highest BCUT2D eigenvalue weighted by molar-refractivity contribution is 5.78. The van der Waals surface area contributed by atoms with Crippen LogP contribution in [0.2, 0.25) is 0 Å².